The Morgan fingerprint density at radius 2 is 2.00 bits per heavy atom. The van der Waals surface area contributed by atoms with Crippen molar-refractivity contribution in [1.82, 2.24) is 4.98 Å². The number of halogens is 1. The highest BCUT2D eigenvalue weighted by Gasteiger charge is 2.33. The summed E-state index contributed by atoms with van der Waals surface area (Å²) in [5, 5.41) is 0.0913. The van der Waals surface area contributed by atoms with Crippen LogP contribution in [0.5, 0.6) is 0 Å². The van der Waals surface area contributed by atoms with E-state index in [0.717, 1.165) is 17.7 Å². The van der Waals surface area contributed by atoms with Crippen LogP contribution in [0.4, 0.5) is 10.1 Å². The molecule has 0 radical (unpaired) electrons. The van der Waals surface area contributed by atoms with Gasteiger partial charge in [-0.3, -0.25) is 4.79 Å². The first kappa shape index (κ1) is 17.8. The standard InChI is InChI=1S/C21H19FN2O2S/c1-13-11-16-5-3-4-6-18(16)24(13)20(25)14(2)27-21-23-12-19(26-21)15-7-9-17(22)10-8-15/h3-10,12-14H,11H2,1-2H3. The van der Waals surface area contributed by atoms with E-state index in [1.165, 1.54) is 29.5 Å². The summed E-state index contributed by atoms with van der Waals surface area (Å²) in [6, 6.07) is 14.2. The number of rotatable bonds is 4. The molecule has 4 rings (SSSR count). The molecule has 2 heterocycles. The van der Waals surface area contributed by atoms with E-state index in [-0.39, 0.29) is 23.0 Å². The second kappa shape index (κ2) is 7.19. The van der Waals surface area contributed by atoms with Crippen LogP contribution < -0.4 is 4.90 Å². The number of amides is 1. The van der Waals surface area contributed by atoms with Crippen LogP contribution in [0.3, 0.4) is 0 Å². The number of hydrogen-bond acceptors (Lipinski definition) is 4. The van der Waals surface area contributed by atoms with Crippen LogP contribution in [0.1, 0.15) is 19.4 Å². The van der Waals surface area contributed by atoms with E-state index in [9.17, 15) is 9.18 Å². The predicted molar refractivity (Wildman–Crippen MR) is 104 cm³/mol. The molecule has 2 atom stereocenters. The quantitative estimate of drug-likeness (QED) is 0.600. The highest BCUT2D eigenvalue weighted by molar-refractivity contribution is 8.00. The van der Waals surface area contributed by atoms with Gasteiger partial charge < -0.3 is 9.32 Å². The minimum atomic E-state index is -0.335. The smallest absolute Gasteiger partial charge is 0.256 e. The number of carbonyl (C=O) groups excluding carboxylic acids is 1. The van der Waals surface area contributed by atoms with E-state index < -0.39 is 0 Å². The van der Waals surface area contributed by atoms with Gasteiger partial charge in [-0.1, -0.05) is 30.0 Å². The monoisotopic (exact) mass is 382 g/mol. The first-order valence-corrected chi connectivity index (χ1v) is 9.70. The summed E-state index contributed by atoms with van der Waals surface area (Å²) in [7, 11) is 0. The molecule has 0 spiro atoms. The van der Waals surface area contributed by atoms with E-state index >= 15 is 0 Å². The number of nitrogens with zero attached hydrogens (tertiary/aromatic N) is 2. The Morgan fingerprint density at radius 3 is 2.78 bits per heavy atom. The third-order valence-corrected chi connectivity index (χ3v) is 5.63. The third-order valence-electron chi connectivity index (χ3n) is 4.68. The van der Waals surface area contributed by atoms with Crippen molar-refractivity contribution in [3.05, 3.63) is 66.1 Å². The third kappa shape index (κ3) is 3.49. The molecule has 0 saturated heterocycles. The highest BCUT2D eigenvalue weighted by atomic mass is 32.2. The number of para-hydroxylation sites is 1. The molecule has 1 amide bonds. The molecular formula is C21H19FN2O2S. The molecular weight excluding hydrogens is 363 g/mol. The minimum absolute atomic E-state index is 0.0407. The Kier molecular flexibility index (Phi) is 4.74. The van der Waals surface area contributed by atoms with E-state index in [1.807, 2.05) is 30.0 Å². The molecule has 138 valence electrons. The van der Waals surface area contributed by atoms with Crippen molar-refractivity contribution in [1.29, 1.82) is 0 Å². The van der Waals surface area contributed by atoms with Crippen LogP contribution >= 0.6 is 11.8 Å². The molecule has 1 aliphatic rings. The van der Waals surface area contributed by atoms with E-state index in [4.69, 9.17) is 4.42 Å². The van der Waals surface area contributed by atoms with Crippen molar-refractivity contribution in [2.24, 2.45) is 0 Å². The maximum Gasteiger partial charge on any atom is 0.256 e. The Balaban J connectivity index is 1.49. The van der Waals surface area contributed by atoms with Crippen LogP contribution in [-0.2, 0) is 11.2 Å². The molecule has 0 fully saturated rings. The lowest BCUT2D eigenvalue weighted by Crippen LogP contribution is -2.40. The molecule has 1 aliphatic heterocycles. The van der Waals surface area contributed by atoms with Crippen molar-refractivity contribution in [2.45, 2.75) is 36.8 Å². The van der Waals surface area contributed by atoms with Crippen LogP contribution in [0, 0.1) is 5.82 Å². The molecule has 0 aliphatic carbocycles. The molecule has 1 aromatic heterocycles. The van der Waals surface area contributed by atoms with E-state index in [0.29, 0.717) is 11.0 Å². The fourth-order valence-corrected chi connectivity index (χ4v) is 4.13. The number of hydrogen-bond donors (Lipinski definition) is 0. The summed E-state index contributed by atoms with van der Waals surface area (Å²) in [6.45, 7) is 3.93. The summed E-state index contributed by atoms with van der Waals surface area (Å²) >= 11 is 1.29. The maximum atomic E-state index is 13.1. The van der Waals surface area contributed by atoms with Gasteiger partial charge in [-0.15, -0.1) is 0 Å². The fraction of sp³-hybridized carbons (Fsp3) is 0.238. The van der Waals surface area contributed by atoms with Gasteiger partial charge in [0.15, 0.2) is 5.76 Å². The van der Waals surface area contributed by atoms with Crippen LogP contribution in [-0.4, -0.2) is 22.2 Å². The molecule has 27 heavy (non-hydrogen) atoms. The van der Waals surface area contributed by atoms with Gasteiger partial charge in [0.05, 0.1) is 11.4 Å². The Hall–Kier alpha value is -2.60. The first-order chi connectivity index (χ1) is 13.0. The van der Waals surface area contributed by atoms with Crippen LogP contribution in [0.2, 0.25) is 0 Å². The van der Waals surface area contributed by atoms with E-state index in [1.54, 1.807) is 18.3 Å². The number of oxazole rings is 1. The molecule has 0 saturated carbocycles. The second-order valence-corrected chi connectivity index (χ2v) is 7.94. The van der Waals surface area contributed by atoms with Crippen LogP contribution in [0.15, 0.2) is 64.4 Å². The van der Waals surface area contributed by atoms with Crippen molar-refractivity contribution in [3.63, 3.8) is 0 Å². The Bertz CT molecular complexity index is 970. The van der Waals surface area contributed by atoms with Crippen LogP contribution in [0.25, 0.3) is 11.3 Å². The number of anilines is 1. The van der Waals surface area contributed by atoms with Gasteiger partial charge in [-0.05, 0) is 56.2 Å². The lowest BCUT2D eigenvalue weighted by Gasteiger charge is -2.25. The lowest BCUT2D eigenvalue weighted by molar-refractivity contribution is -0.118. The van der Waals surface area contributed by atoms with Gasteiger partial charge in [-0.25, -0.2) is 9.37 Å². The SMILES string of the molecule is CC(Sc1ncc(-c2ccc(F)cc2)o1)C(=O)N1c2ccccc2CC1C. The van der Waals surface area contributed by atoms with Gasteiger partial charge in [0.2, 0.25) is 5.91 Å². The molecule has 2 unspecified atom stereocenters. The number of carbonyl (C=O) groups is 1. The molecule has 0 bridgehead atoms. The molecule has 4 nitrogen and oxygen atoms in total. The number of thioether (sulfide) groups is 1. The zero-order valence-corrected chi connectivity index (χ0v) is 15.9. The average molecular weight is 382 g/mol. The van der Waals surface area contributed by atoms with Gasteiger partial charge in [0, 0.05) is 17.3 Å². The lowest BCUT2D eigenvalue weighted by atomic mass is 10.1. The number of benzene rings is 2. The predicted octanol–water partition coefficient (Wildman–Crippen LogP) is 4.94. The molecule has 3 aromatic rings. The van der Waals surface area contributed by atoms with Gasteiger partial charge in [0.25, 0.3) is 5.22 Å². The molecule has 2 aromatic carbocycles. The van der Waals surface area contributed by atoms with Gasteiger partial charge in [0.1, 0.15) is 5.82 Å². The second-order valence-electron chi connectivity index (χ2n) is 6.65. The van der Waals surface area contributed by atoms with Crippen molar-refractivity contribution >= 4 is 23.4 Å². The first-order valence-electron chi connectivity index (χ1n) is 8.82. The summed E-state index contributed by atoms with van der Waals surface area (Å²) in [5.74, 6) is 0.295. The summed E-state index contributed by atoms with van der Waals surface area (Å²) < 4.78 is 18.8. The van der Waals surface area contributed by atoms with Crippen molar-refractivity contribution in [2.75, 3.05) is 4.90 Å². The van der Waals surface area contributed by atoms with Gasteiger partial charge >= 0.3 is 0 Å². The topological polar surface area (TPSA) is 46.3 Å². The Morgan fingerprint density at radius 1 is 1.26 bits per heavy atom. The zero-order chi connectivity index (χ0) is 19.0. The maximum absolute atomic E-state index is 13.1. The fourth-order valence-electron chi connectivity index (χ4n) is 3.36. The minimum Gasteiger partial charge on any atom is -0.431 e. The summed E-state index contributed by atoms with van der Waals surface area (Å²) in [5.41, 5.74) is 2.93. The molecule has 0 N–H and O–H groups in total. The van der Waals surface area contributed by atoms with Gasteiger partial charge in [-0.2, -0.15) is 0 Å². The average Bonchev–Trinajstić information content (AvgIpc) is 3.25. The number of fused-ring (bicyclic) bond motifs is 1. The number of aromatic nitrogens is 1. The summed E-state index contributed by atoms with van der Waals surface area (Å²) in [6.07, 6.45) is 2.47. The largest absolute Gasteiger partial charge is 0.431 e. The van der Waals surface area contributed by atoms with Crippen molar-refractivity contribution in [3.8, 4) is 11.3 Å². The Labute approximate surface area is 161 Å². The normalized spacial score (nSPS) is 17.0. The highest BCUT2D eigenvalue weighted by Crippen LogP contribution is 2.35. The van der Waals surface area contributed by atoms with Crippen molar-refractivity contribution < 1.29 is 13.6 Å². The van der Waals surface area contributed by atoms with E-state index in [2.05, 4.69) is 18.0 Å². The summed E-state index contributed by atoms with van der Waals surface area (Å²) in [4.78, 5) is 19.2. The zero-order valence-electron chi connectivity index (χ0n) is 15.1. The molecule has 6 heteroatoms.